The van der Waals surface area contributed by atoms with Crippen molar-refractivity contribution in [1.29, 1.82) is 10.5 Å². The van der Waals surface area contributed by atoms with Crippen LogP contribution >= 0.6 is 11.3 Å². The first-order valence-corrected chi connectivity index (χ1v) is 8.47. The minimum atomic E-state index is -0.304. The summed E-state index contributed by atoms with van der Waals surface area (Å²) in [6.45, 7) is 0. The monoisotopic (exact) mass is 359 g/mol. The molecule has 0 aliphatic heterocycles. The van der Waals surface area contributed by atoms with E-state index >= 15 is 0 Å². The third-order valence-corrected chi connectivity index (χ3v) is 4.78. The number of aromatic nitrogens is 1. The quantitative estimate of drug-likeness (QED) is 0.716. The van der Waals surface area contributed by atoms with E-state index in [1.807, 2.05) is 42.5 Å². The van der Waals surface area contributed by atoms with Gasteiger partial charge in [-0.25, -0.2) is 0 Å². The molecule has 3 aromatic rings. The van der Waals surface area contributed by atoms with Crippen LogP contribution in [0.5, 0.6) is 5.75 Å². The number of benzene rings is 2. The number of hydrogen-bond acceptors (Lipinski definition) is 5. The van der Waals surface area contributed by atoms with Crippen molar-refractivity contribution in [2.45, 2.75) is 0 Å². The van der Waals surface area contributed by atoms with Gasteiger partial charge < -0.3 is 4.74 Å². The second kappa shape index (κ2) is 7.52. The van der Waals surface area contributed by atoms with Gasteiger partial charge in [-0.05, 0) is 23.8 Å². The number of hydrogen-bond donors (Lipinski definition) is 0. The number of rotatable bonds is 3. The van der Waals surface area contributed by atoms with Crippen molar-refractivity contribution in [1.82, 2.24) is 4.57 Å². The molecule has 3 rings (SSSR count). The molecule has 1 aromatic heterocycles. The zero-order chi connectivity index (χ0) is 18.5. The fourth-order valence-corrected chi connectivity index (χ4v) is 3.55. The Bertz CT molecular complexity index is 1190. The first kappa shape index (κ1) is 17.2. The van der Waals surface area contributed by atoms with Crippen LogP contribution in [0.15, 0.2) is 59.4 Å². The van der Waals surface area contributed by atoms with Gasteiger partial charge in [0.1, 0.15) is 22.6 Å². The molecule has 0 spiro atoms. The van der Waals surface area contributed by atoms with Crippen molar-refractivity contribution in [3.05, 3.63) is 79.7 Å². The summed E-state index contributed by atoms with van der Waals surface area (Å²) in [5.74, 6) is 0.482. The highest BCUT2D eigenvalue weighted by Gasteiger charge is 2.14. The smallest absolute Gasteiger partial charge is 0.273 e. The zero-order valence-corrected chi connectivity index (χ0v) is 14.7. The summed E-state index contributed by atoms with van der Waals surface area (Å²) in [7, 11) is 1.51. The maximum Gasteiger partial charge on any atom is 0.273 e. The maximum absolute atomic E-state index is 13.1. The summed E-state index contributed by atoms with van der Waals surface area (Å²) in [4.78, 5) is 13.1. The third kappa shape index (κ3) is 3.14. The molecule has 126 valence electrons. The summed E-state index contributed by atoms with van der Waals surface area (Å²) in [5.41, 5.74) is 0.925. The van der Waals surface area contributed by atoms with Crippen LogP contribution in [0.2, 0.25) is 0 Å². The molecule has 0 atom stereocenters. The van der Waals surface area contributed by atoms with Gasteiger partial charge in [0.25, 0.3) is 5.56 Å². The average Bonchev–Trinajstić information content (AvgIpc) is 2.99. The van der Waals surface area contributed by atoms with Crippen LogP contribution < -0.4 is 19.5 Å². The zero-order valence-electron chi connectivity index (χ0n) is 13.8. The fourth-order valence-electron chi connectivity index (χ4n) is 2.50. The van der Waals surface area contributed by atoms with E-state index in [0.717, 1.165) is 16.9 Å². The molecular weight excluding hydrogens is 346 g/mol. The molecule has 0 N–H and O–H groups in total. The maximum atomic E-state index is 13.1. The summed E-state index contributed by atoms with van der Waals surface area (Å²) in [6, 6.07) is 20.1. The minimum absolute atomic E-state index is 0.120. The van der Waals surface area contributed by atoms with E-state index in [9.17, 15) is 15.3 Å². The third-order valence-electron chi connectivity index (χ3n) is 3.68. The molecule has 2 aromatic carbocycles. The van der Waals surface area contributed by atoms with Crippen LogP contribution in [0.1, 0.15) is 5.56 Å². The van der Waals surface area contributed by atoms with Gasteiger partial charge in [-0.1, -0.05) is 42.5 Å². The van der Waals surface area contributed by atoms with Gasteiger partial charge in [0.2, 0.25) is 0 Å². The molecule has 0 aliphatic carbocycles. The second-order valence-electron chi connectivity index (χ2n) is 5.24. The highest BCUT2D eigenvalue weighted by molar-refractivity contribution is 7.07. The summed E-state index contributed by atoms with van der Waals surface area (Å²) < 4.78 is 7.42. The molecule has 0 aliphatic rings. The lowest BCUT2D eigenvalue weighted by Crippen LogP contribution is -2.31. The number of nitriles is 2. The molecule has 0 fully saturated rings. The van der Waals surface area contributed by atoms with Crippen molar-refractivity contribution >= 4 is 23.0 Å². The lowest BCUT2D eigenvalue weighted by atomic mass is 10.2. The molecule has 0 saturated carbocycles. The number of nitrogens with zero attached hydrogens (tertiary/aromatic N) is 3. The van der Waals surface area contributed by atoms with Crippen LogP contribution in [-0.2, 0) is 0 Å². The number of para-hydroxylation sites is 2. The van der Waals surface area contributed by atoms with Gasteiger partial charge in [-0.3, -0.25) is 9.36 Å². The Kier molecular flexibility index (Phi) is 4.98. The highest BCUT2D eigenvalue weighted by Crippen LogP contribution is 2.19. The lowest BCUT2D eigenvalue weighted by molar-refractivity contribution is 0.412. The van der Waals surface area contributed by atoms with Crippen LogP contribution in [0.25, 0.3) is 17.3 Å². The van der Waals surface area contributed by atoms with Crippen molar-refractivity contribution in [3.63, 3.8) is 0 Å². The Morgan fingerprint density at radius 1 is 1.08 bits per heavy atom. The van der Waals surface area contributed by atoms with Crippen molar-refractivity contribution in [2.75, 3.05) is 7.11 Å². The molecule has 0 radical (unpaired) electrons. The standard InChI is InChI=1S/C20H13N3O2S/c1-25-17-10-6-5-9-16(17)23-19(24)18(11-14-7-3-2-4-8-14)26-20(23)15(12-21)13-22/h2-11H,1H3. The summed E-state index contributed by atoms with van der Waals surface area (Å²) in [6.07, 6.45) is 1.74. The average molecular weight is 359 g/mol. The molecule has 0 unspecified atom stereocenters. The van der Waals surface area contributed by atoms with Crippen LogP contribution in [0.3, 0.4) is 0 Å². The van der Waals surface area contributed by atoms with Crippen molar-refractivity contribution < 1.29 is 4.74 Å². The fraction of sp³-hybridized carbons (Fsp3) is 0.0500. The molecular formula is C20H13N3O2S. The molecule has 6 heteroatoms. The van der Waals surface area contributed by atoms with Gasteiger partial charge in [0.15, 0.2) is 5.57 Å². The Morgan fingerprint density at radius 2 is 1.73 bits per heavy atom. The van der Waals surface area contributed by atoms with Crippen LogP contribution in [0, 0.1) is 22.7 Å². The minimum Gasteiger partial charge on any atom is -0.495 e. The molecule has 0 amide bonds. The predicted molar refractivity (Wildman–Crippen MR) is 100 cm³/mol. The van der Waals surface area contributed by atoms with Crippen molar-refractivity contribution in [2.24, 2.45) is 0 Å². The first-order chi connectivity index (χ1) is 12.7. The van der Waals surface area contributed by atoms with E-state index in [0.29, 0.717) is 16.0 Å². The normalized spacial score (nSPS) is 10.8. The van der Waals surface area contributed by atoms with Crippen molar-refractivity contribution in [3.8, 4) is 23.6 Å². The Morgan fingerprint density at radius 3 is 2.38 bits per heavy atom. The van der Waals surface area contributed by atoms with Gasteiger partial charge in [0.05, 0.1) is 17.3 Å². The molecule has 26 heavy (non-hydrogen) atoms. The Labute approximate surface area is 153 Å². The van der Waals surface area contributed by atoms with E-state index in [1.165, 1.54) is 11.7 Å². The van der Waals surface area contributed by atoms with Gasteiger partial charge in [0, 0.05) is 0 Å². The lowest BCUT2D eigenvalue weighted by Gasteiger charge is -2.08. The van der Waals surface area contributed by atoms with Gasteiger partial charge in [-0.2, -0.15) is 10.5 Å². The molecule has 5 nitrogen and oxygen atoms in total. The van der Waals surface area contributed by atoms with Crippen LogP contribution in [0.4, 0.5) is 0 Å². The Balaban J connectivity index is 2.44. The Hall–Kier alpha value is -3.61. The summed E-state index contributed by atoms with van der Waals surface area (Å²) in [5, 5.41) is 18.6. The topological polar surface area (TPSA) is 78.8 Å². The van der Waals surface area contributed by atoms with E-state index < -0.39 is 0 Å². The molecule has 0 saturated heterocycles. The highest BCUT2D eigenvalue weighted by atomic mass is 32.1. The van der Waals surface area contributed by atoms with E-state index in [-0.39, 0.29) is 15.8 Å². The van der Waals surface area contributed by atoms with Gasteiger partial charge in [-0.15, -0.1) is 11.3 Å². The van der Waals surface area contributed by atoms with E-state index in [4.69, 9.17) is 4.74 Å². The molecule has 1 heterocycles. The number of ether oxygens (including phenoxy) is 1. The number of methoxy groups -OCH3 is 1. The largest absolute Gasteiger partial charge is 0.495 e. The molecule has 0 bridgehead atoms. The SMILES string of the molecule is COc1ccccc1-n1c(=C(C#N)C#N)sc(=Cc2ccccc2)c1=O. The summed E-state index contributed by atoms with van der Waals surface area (Å²) >= 11 is 1.11. The number of thiazole rings is 1. The van der Waals surface area contributed by atoms with Gasteiger partial charge >= 0.3 is 0 Å². The first-order valence-electron chi connectivity index (χ1n) is 7.66. The second-order valence-corrected chi connectivity index (χ2v) is 6.27. The van der Waals surface area contributed by atoms with Crippen LogP contribution in [-0.4, -0.2) is 11.7 Å². The predicted octanol–water partition coefficient (Wildman–Crippen LogP) is 1.93. The van der Waals surface area contributed by atoms with E-state index in [2.05, 4.69) is 0 Å². The van der Waals surface area contributed by atoms with E-state index in [1.54, 1.807) is 30.3 Å².